The van der Waals surface area contributed by atoms with E-state index in [4.69, 9.17) is 4.98 Å². The minimum atomic E-state index is 0.961. The normalized spacial score (nSPS) is 11.8. The summed E-state index contributed by atoms with van der Waals surface area (Å²) in [5, 5.41) is 0. The van der Waals surface area contributed by atoms with Crippen molar-refractivity contribution in [3.05, 3.63) is 42.9 Å². The predicted octanol–water partition coefficient (Wildman–Crippen LogP) is 1.66. The Hall–Kier alpha value is -2.56. The molecule has 0 saturated carbocycles. The summed E-state index contributed by atoms with van der Waals surface area (Å²) in [6, 6.07) is 8.22. The van der Waals surface area contributed by atoms with Gasteiger partial charge in [0, 0.05) is 13.2 Å². The van der Waals surface area contributed by atoms with Crippen molar-refractivity contribution >= 4 is 16.8 Å². The zero-order valence-electron chi connectivity index (χ0n) is 11.8. The van der Waals surface area contributed by atoms with Crippen LogP contribution in [0.3, 0.4) is 0 Å². The first-order valence-electron chi connectivity index (χ1n) is 6.60. The lowest BCUT2D eigenvalue weighted by Crippen LogP contribution is -2.29. The lowest BCUT2D eigenvalue weighted by molar-refractivity contribution is -0.659. The Bertz CT molecular complexity index is 919. The average Bonchev–Trinajstić information content (AvgIpc) is 3.06. The molecule has 0 aliphatic rings. The number of hydrogen-bond acceptors (Lipinski definition) is 1. The first-order valence-corrected chi connectivity index (χ1v) is 6.60. The van der Waals surface area contributed by atoms with Gasteiger partial charge in [0.25, 0.3) is 0 Å². The number of imidazole rings is 3. The maximum absolute atomic E-state index is 4.71. The van der Waals surface area contributed by atoms with Gasteiger partial charge in [-0.05, 0) is 12.1 Å². The van der Waals surface area contributed by atoms with Crippen LogP contribution < -0.4 is 4.57 Å². The zero-order valence-corrected chi connectivity index (χ0v) is 11.8. The van der Waals surface area contributed by atoms with E-state index >= 15 is 0 Å². The topological polar surface area (TPSA) is 31.0 Å². The summed E-state index contributed by atoms with van der Waals surface area (Å²) in [7, 11) is 6.18. The van der Waals surface area contributed by atoms with Crippen molar-refractivity contribution < 1.29 is 4.57 Å². The van der Waals surface area contributed by atoms with Gasteiger partial charge < -0.3 is 4.57 Å². The van der Waals surface area contributed by atoms with Gasteiger partial charge in [-0.2, -0.15) is 0 Å². The fourth-order valence-corrected chi connectivity index (χ4v) is 2.87. The highest BCUT2D eigenvalue weighted by atomic mass is 15.2. The summed E-state index contributed by atoms with van der Waals surface area (Å²) in [5.74, 6) is 2.12. The smallest absolute Gasteiger partial charge is 0.306 e. The minimum absolute atomic E-state index is 0.961. The molecule has 4 rings (SSSR count). The fourth-order valence-electron chi connectivity index (χ4n) is 2.87. The molecule has 100 valence electrons. The van der Waals surface area contributed by atoms with E-state index in [0.717, 1.165) is 28.3 Å². The van der Waals surface area contributed by atoms with E-state index in [1.54, 1.807) is 0 Å². The highest BCUT2D eigenvalue weighted by Gasteiger charge is 2.21. The zero-order chi connectivity index (χ0) is 13.9. The van der Waals surface area contributed by atoms with Crippen LogP contribution in [0.4, 0.5) is 0 Å². The van der Waals surface area contributed by atoms with E-state index in [1.165, 1.54) is 0 Å². The highest BCUT2D eigenvalue weighted by molar-refractivity contribution is 5.80. The molecule has 0 spiro atoms. The molecule has 0 amide bonds. The van der Waals surface area contributed by atoms with E-state index < -0.39 is 0 Å². The molecule has 0 atom stereocenters. The third kappa shape index (κ3) is 1.32. The van der Waals surface area contributed by atoms with Crippen LogP contribution in [0.1, 0.15) is 0 Å². The van der Waals surface area contributed by atoms with Crippen molar-refractivity contribution in [1.82, 2.24) is 18.5 Å². The Morgan fingerprint density at radius 3 is 2.70 bits per heavy atom. The molecule has 5 nitrogen and oxygen atoms in total. The van der Waals surface area contributed by atoms with Crippen LogP contribution in [0.5, 0.6) is 0 Å². The standard InChI is InChI=1S/C15H16N5/c1-17-8-9-18(2)14(17)13-10-20-12-7-5-4-6-11(12)16-15(20)19(13)3/h4-10H,1-3H3/q+1. The van der Waals surface area contributed by atoms with Gasteiger partial charge in [-0.15, -0.1) is 0 Å². The average molecular weight is 266 g/mol. The molecule has 5 heteroatoms. The summed E-state index contributed by atoms with van der Waals surface area (Å²) >= 11 is 0. The first kappa shape index (κ1) is 11.3. The van der Waals surface area contributed by atoms with Crippen LogP contribution in [-0.4, -0.2) is 18.5 Å². The number of hydrogen-bond donors (Lipinski definition) is 0. The number of aryl methyl sites for hydroxylation is 3. The molecule has 0 aliphatic heterocycles. The van der Waals surface area contributed by atoms with E-state index in [1.807, 2.05) is 18.2 Å². The Labute approximate surface area is 116 Å². The van der Waals surface area contributed by atoms with Gasteiger partial charge in [-0.25, -0.2) is 14.1 Å². The van der Waals surface area contributed by atoms with E-state index in [9.17, 15) is 0 Å². The number of rotatable bonds is 1. The molecule has 0 aliphatic carbocycles. The van der Waals surface area contributed by atoms with Gasteiger partial charge in [-0.1, -0.05) is 12.1 Å². The second kappa shape index (κ2) is 3.72. The van der Waals surface area contributed by atoms with Crippen molar-refractivity contribution in [3.63, 3.8) is 0 Å². The van der Waals surface area contributed by atoms with Gasteiger partial charge >= 0.3 is 5.82 Å². The van der Waals surface area contributed by atoms with Crippen molar-refractivity contribution in [1.29, 1.82) is 0 Å². The predicted molar refractivity (Wildman–Crippen MR) is 77.3 cm³/mol. The van der Waals surface area contributed by atoms with Gasteiger partial charge in [0.15, 0.2) is 5.69 Å². The lowest BCUT2D eigenvalue weighted by atomic mass is 10.3. The third-order valence-electron chi connectivity index (χ3n) is 3.90. The number of para-hydroxylation sites is 2. The Morgan fingerprint density at radius 2 is 1.95 bits per heavy atom. The minimum Gasteiger partial charge on any atom is -0.306 e. The molecule has 0 radical (unpaired) electrons. The highest BCUT2D eigenvalue weighted by Crippen LogP contribution is 2.23. The molecule has 0 fully saturated rings. The van der Waals surface area contributed by atoms with Crippen molar-refractivity contribution in [2.24, 2.45) is 21.1 Å². The van der Waals surface area contributed by atoms with Crippen molar-refractivity contribution in [3.8, 4) is 11.5 Å². The summed E-state index contributed by atoms with van der Waals surface area (Å²) in [4.78, 5) is 4.71. The molecule has 3 aromatic heterocycles. The quantitative estimate of drug-likeness (QED) is 0.482. The molecule has 0 saturated heterocycles. The Morgan fingerprint density at radius 1 is 1.15 bits per heavy atom. The summed E-state index contributed by atoms with van der Waals surface area (Å²) in [6.45, 7) is 0. The summed E-state index contributed by atoms with van der Waals surface area (Å²) < 4.78 is 8.53. The maximum Gasteiger partial charge on any atom is 0.306 e. The summed E-state index contributed by atoms with van der Waals surface area (Å²) in [6.07, 6.45) is 6.27. The third-order valence-corrected chi connectivity index (χ3v) is 3.90. The molecule has 4 aromatic rings. The van der Waals surface area contributed by atoms with Gasteiger partial charge in [0.2, 0.25) is 5.78 Å². The molecule has 1 aromatic carbocycles. The number of aromatic nitrogens is 5. The van der Waals surface area contributed by atoms with Gasteiger partial charge in [0.05, 0.1) is 25.1 Å². The van der Waals surface area contributed by atoms with Gasteiger partial charge in [-0.3, -0.25) is 4.40 Å². The van der Waals surface area contributed by atoms with Crippen LogP contribution in [0.15, 0.2) is 42.9 Å². The van der Waals surface area contributed by atoms with Crippen LogP contribution in [-0.2, 0) is 21.1 Å². The molecular weight excluding hydrogens is 250 g/mol. The Kier molecular flexibility index (Phi) is 2.10. The SMILES string of the molecule is Cn1cc[n+](C)c1-c1cn2c3ccccc3nc2n1C. The molecule has 0 bridgehead atoms. The van der Waals surface area contributed by atoms with Gasteiger partial charge in [0.1, 0.15) is 12.4 Å². The molecular formula is C15H16N5+. The number of benzene rings is 1. The van der Waals surface area contributed by atoms with Crippen LogP contribution in [0.2, 0.25) is 0 Å². The summed E-state index contributed by atoms with van der Waals surface area (Å²) in [5.41, 5.74) is 3.32. The monoisotopic (exact) mass is 266 g/mol. The van der Waals surface area contributed by atoms with Crippen molar-refractivity contribution in [2.45, 2.75) is 0 Å². The fraction of sp³-hybridized carbons (Fsp3) is 0.200. The number of nitrogens with zero attached hydrogens (tertiary/aromatic N) is 5. The largest absolute Gasteiger partial charge is 0.306 e. The molecule has 20 heavy (non-hydrogen) atoms. The molecule has 0 N–H and O–H groups in total. The molecule has 3 heterocycles. The Balaban J connectivity index is 2.10. The maximum atomic E-state index is 4.71. The first-order chi connectivity index (χ1) is 9.66. The lowest BCUT2D eigenvalue weighted by Gasteiger charge is -1.99. The van der Waals surface area contributed by atoms with Crippen LogP contribution in [0, 0.1) is 0 Å². The van der Waals surface area contributed by atoms with E-state index in [0.29, 0.717) is 0 Å². The number of fused-ring (bicyclic) bond motifs is 3. The van der Waals surface area contributed by atoms with Crippen molar-refractivity contribution in [2.75, 3.05) is 0 Å². The van der Waals surface area contributed by atoms with Crippen LogP contribution in [0.25, 0.3) is 28.3 Å². The second-order valence-electron chi connectivity index (χ2n) is 5.19. The molecule has 0 unspecified atom stereocenters. The second-order valence-corrected chi connectivity index (χ2v) is 5.19. The van der Waals surface area contributed by atoms with Crippen LogP contribution >= 0.6 is 0 Å². The van der Waals surface area contributed by atoms with E-state index in [2.05, 4.69) is 63.9 Å². The van der Waals surface area contributed by atoms with E-state index in [-0.39, 0.29) is 0 Å².